The fourth-order valence-corrected chi connectivity index (χ4v) is 1.84. The molecule has 3 heteroatoms. The third-order valence-electron chi connectivity index (χ3n) is 2.47. The van der Waals surface area contributed by atoms with Gasteiger partial charge in [0.1, 0.15) is 0 Å². The molecule has 68 valence electrons. The van der Waals surface area contributed by atoms with Crippen LogP contribution < -0.4 is 5.73 Å². The molecular formula is C9H16N2S. The Labute approximate surface area is 77.8 Å². The van der Waals surface area contributed by atoms with Gasteiger partial charge in [0.05, 0.1) is 10.7 Å². The monoisotopic (exact) mass is 184 g/mol. The van der Waals surface area contributed by atoms with Crippen molar-refractivity contribution < 1.29 is 0 Å². The van der Waals surface area contributed by atoms with E-state index in [1.807, 2.05) is 6.92 Å². The summed E-state index contributed by atoms with van der Waals surface area (Å²) in [5, 5.41) is 3.24. The maximum absolute atomic E-state index is 5.72. The molecule has 0 aliphatic rings. The van der Waals surface area contributed by atoms with Crippen molar-refractivity contribution in [2.24, 2.45) is 5.73 Å². The first-order valence-corrected chi connectivity index (χ1v) is 5.13. The van der Waals surface area contributed by atoms with Crippen molar-refractivity contribution in [3.8, 4) is 0 Å². The Balaban J connectivity index is 2.94. The van der Waals surface area contributed by atoms with Gasteiger partial charge in [0.15, 0.2) is 0 Å². The fourth-order valence-electron chi connectivity index (χ4n) is 1.07. The standard InChI is InChI=1S/C9H16N2S/c1-4-9(3,6-10)8-5-12-7(2)11-8/h5H,4,6,10H2,1-3H3. The van der Waals surface area contributed by atoms with Gasteiger partial charge in [-0.1, -0.05) is 13.8 Å². The predicted octanol–water partition coefficient (Wildman–Crippen LogP) is 2.08. The van der Waals surface area contributed by atoms with Crippen LogP contribution in [0.1, 0.15) is 31.0 Å². The molecule has 2 N–H and O–H groups in total. The molecule has 1 aromatic heterocycles. The highest BCUT2D eigenvalue weighted by atomic mass is 32.1. The minimum absolute atomic E-state index is 0.0742. The maximum Gasteiger partial charge on any atom is 0.0897 e. The zero-order valence-electron chi connectivity index (χ0n) is 7.92. The smallest absolute Gasteiger partial charge is 0.0897 e. The van der Waals surface area contributed by atoms with Gasteiger partial charge in [-0.3, -0.25) is 0 Å². The van der Waals surface area contributed by atoms with E-state index in [9.17, 15) is 0 Å². The summed E-state index contributed by atoms with van der Waals surface area (Å²) < 4.78 is 0. The fraction of sp³-hybridized carbons (Fsp3) is 0.667. The number of aryl methyl sites for hydroxylation is 1. The van der Waals surface area contributed by atoms with Crippen molar-refractivity contribution in [3.63, 3.8) is 0 Å². The molecule has 0 spiro atoms. The van der Waals surface area contributed by atoms with E-state index in [2.05, 4.69) is 24.2 Å². The topological polar surface area (TPSA) is 38.9 Å². The molecule has 0 radical (unpaired) electrons. The van der Waals surface area contributed by atoms with Crippen LogP contribution >= 0.6 is 11.3 Å². The van der Waals surface area contributed by atoms with E-state index in [0.29, 0.717) is 6.54 Å². The van der Waals surface area contributed by atoms with Crippen LogP contribution in [0.15, 0.2) is 5.38 Å². The maximum atomic E-state index is 5.72. The molecule has 12 heavy (non-hydrogen) atoms. The molecule has 0 aliphatic heterocycles. The van der Waals surface area contributed by atoms with Crippen molar-refractivity contribution in [2.45, 2.75) is 32.6 Å². The normalized spacial score (nSPS) is 16.0. The van der Waals surface area contributed by atoms with Crippen LogP contribution in [0.4, 0.5) is 0 Å². The van der Waals surface area contributed by atoms with Gasteiger partial charge in [-0.25, -0.2) is 4.98 Å². The van der Waals surface area contributed by atoms with Crippen molar-refractivity contribution in [1.82, 2.24) is 4.98 Å². The first-order valence-electron chi connectivity index (χ1n) is 4.25. The molecular weight excluding hydrogens is 168 g/mol. The third kappa shape index (κ3) is 1.67. The summed E-state index contributed by atoms with van der Waals surface area (Å²) >= 11 is 1.70. The van der Waals surface area contributed by atoms with Gasteiger partial charge >= 0.3 is 0 Å². The van der Waals surface area contributed by atoms with Gasteiger partial charge < -0.3 is 5.73 Å². The van der Waals surface area contributed by atoms with Crippen LogP contribution in [0.5, 0.6) is 0 Å². The summed E-state index contributed by atoms with van der Waals surface area (Å²) in [6, 6.07) is 0. The van der Waals surface area contributed by atoms with Crippen LogP contribution in [-0.4, -0.2) is 11.5 Å². The Bertz CT molecular complexity index is 251. The Morgan fingerprint density at radius 3 is 2.67 bits per heavy atom. The molecule has 1 atom stereocenters. The predicted molar refractivity (Wildman–Crippen MR) is 53.5 cm³/mol. The van der Waals surface area contributed by atoms with Crippen LogP contribution in [0.3, 0.4) is 0 Å². The number of nitrogens with two attached hydrogens (primary N) is 1. The number of thiazole rings is 1. The lowest BCUT2D eigenvalue weighted by Gasteiger charge is -2.23. The average Bonchev–Trinajstić information content (AvgIpc) is 2.51. The summed E-state index contributed by atoms with van der Waals surface area (Å²) in [5.41, 5.74) is 6.95. The number of nitrogens with zero attached hydrogens (tertiary/aromatic N) is 1. The molecule has 2 nitrogen and oxygen atoms in total. The molecule has 0 aliphatic carbocycles. The number of aromatic nitrogens is 1. The molecule has 0 saturated heterocycles. The average molecular weight is 184 g/mol. The van der Waals surface area contributed by atoms with E-state index in [4.69, 9.17) is 5.73 Å². The van der Waals surface area contributed by atoms with E-state index in [1.54, 1.807) is 11.3 Å². The SMILES string of the molecule is CCC(C)(CN)c1csc(C)n1. The lowest BCUT2D eigenvalue weighted by Crippen LogP contribution is -2.31. The second-order valence-corrected chi connectivity index (χ2v) is 4.43. The number of hydrogen-bond acceptors (Lipinski definition) is 3. The minimum atomic E-state index is 0.0742. The van der Waals surface area contributed by atoms with E-state index in [0.717, 1.165) is 17.1 Å². The van der Waals surface area contributed by atoms with Gasteiger partial charge in [0, 0.05) is 17.3 Å². The van der Waals surface area contributed by atoms with Crippen molar-refractivity contribution in [2.75, 3.05) is 6.54 Å². The van der Waals surface area contributed by atoms with Crippen LogP contribution in [0.2, 0.25) is 0 Å². The highest BCUT2D eigenvalue weighted by Gasteiger charge is 2.24. The molecule has 0 aromatic carbocycles. The minimum Gasteiger partial charge on any atom is -0.330 e. The lowest BCUT2D eigenvalue weighted by atomic mass is 9.85. The van der Waals surface area contributed by atoms with Gasteiger partial charge in [-0.15, -0.1) is 11.3 Å². The highest BCUT2D eigenvalue weighted by Crippen LogP contribution is 2.26. The summed E-state index contributed by atoms with van der Waals surface area (Å²) in [4.78, 5) is 4.46. The summed E-state index contributed by atoms with van der Waals surface area (Å²) in [6.45, 7) is 7.02. The molecule has 0 bridgehead atoms. The number of rotatable bonds is 3. The van der Waals surface area contributed by atoms with Crippen molar-refractivity contribution in [3.05, 3.63) is 16.1 Å². The van der Waals surface area contributed by atoms with Gasteiger partial charge in [-0.2, -0.15) is 0 Å². The molecule has 0 saturated carbocycles. The Hall–Kier alpha value is -0.410. The first kappa shape index (κ1) is 9.68. The van der Waals surface area contributed by atoms with Crippen LogP contribution in [0.25, 0.3) is 0 Å². The number of hydrogen-bond donors (Lipinski definition) is 1. The van der Waals surface area contributed by atoms with Crippen LogP contribution in [0, 0.1) is 6.92 Å². The zero-order chi connectivity index (χ0) is 9.19. The Morgan fingerprint density at radius 1 is 1.67 bits per heavy atom. The largest absolute Gasteiger partial charge is 0.330 e. The van der Waals surface area contributed by atoms with E-state index in [1.165, 1.54) is 0 Å². The van der Waals surface area contributed by atoms with E-state index >= 15 is 0 Å². The van der Waals surface area contributed by atoms with Crippen molar-refractivity contribution >= 4 is 11.3 Å². The molecule has 0 amide bonds. The van der Waals surface area contributed by atoms with E-state index in [-0.39, 0.29) is 5.41 Å². The Kier molecular flexibility index (Phi) is 2.85. The Morgan fingerprint density at radius 2 is 2.33 bits per heavy atom. The molecule has 1 unspecified atom stereocenters. The van der Waals surface area contributed by atoms with Gasteiger partial charge in [0.2, 0.25) is 0 Å². The summed E-state index contributed by atoms with van der Waals surface area (Å²) in [6.07, 6.45) is 1.05. The first-order chi connectivity index (χ1) is 5.62. The molecule has 1 heterocycles. The van der Waals surface area contributed by atoms with Gasteiger partial charge in [0.25, 0.3) is 0 Å². The van der Waals surface area contributed by atoms with E-state index < -0.39 is 0 Å². The molecule has 1 aromatic rings. The van der Waals surface area contributed by atoms with Crippen molar-refractivity contribution in [1.29, 1.82) is 0 Å². The molecule has 1 rings (SSSR count). The zero-order valence-corrected chi connectivity index (χ0v) is 8.74. The van der Waals surface area contributed by atoms with Gasteiger partial charge in [-0.05, 0) is 13.3 Å². The third-order valence-corrected chi connectivity index (χ3v) is 3.24. The summed E-state index contributed by atoms with van der Waals surface area (Å²) in [7, 11) is 0. The highest BCUT2D eigenvalue weighted by molar-refractivity contribution is 7.09. The summed E-state index contributed by atoms with van der Waals surface area (Å²) in [5.74, 6) is 0. The second-order valence-electron chi connectivity index (χ2n) is 3.37. The molecule has 0 fully saturated rings. The van der Waals surface area contributed by atoms with Crippen LogP contribution in [-0.2, 0) is 5.41 Å². The lowest BCUT2D eigenvalue weighted by molar-refractivity contribution is 0.455. The quantitative estimate of drug-likeness (QED) is 0.781. The second kappa shape index (κ2) is 3.54.